The maximum atomic E-state index is 10.5. The number of carbonyl (C=O) groups is 2. The topological polar surface area (TPSA) is 63.6 Å². The number of benzene rings is 2. The molecule has 2 aromatic carbocycles. The Bertz CT molecular complexity index is 705. The van der Waals surface area contributed by atoms with Crippen LogP contribution in [0.5, 0.6) is 11.5 Å². The number of allylic oxidation sites excluding steroid dienone is 1. The second-order valence-corrected chi connectivity index (χ2v) is 4.75. The van der Waals surface area contributed by atoms with E-state index in [1.165, 1.54) is 0 Å². The molecule has 0 unspecified atom stereocenters. The molecule has 0 fully saturated rings. The van der Waals surface area contributed by atoms with Crippen LogP contribution in [0.25, 0.3) is 0 Å². The first-order valence-corrected chi connectivity index (χ1v) is 7.32. The Morgan fingerprint density at radius 2 is 1.75 bits per heavy atom. The van der Waals surface area contributed by atoms with E-state index in [4.69, 9.17) is 4.74 Å². The van der Waals surface area contributed by atoms with Crippen molar-refractivity contribution in [2.75, 3.05) is 6.61 Å². The van der Waals surface area contributed by atoms with E-state index in [1.54, 1.807) is 54.6 Å². The maximum absolute atomic E-state index is 10.5. The van der Waals surface area contributed by atoms with Crippen molar-refractivity contribution in [2.45, 2.75) is 6.42 Å². The van der Waals surface area contributed by atoms with Crippen molar-refractivity contribution >= 4 is 12.6 Å². The van der Waals surface area contributed by atoms with E-state index >= 15 is 0 Å². The molecular weight excluding hydrogens is 304 g/mol. The van der Waals surface area contributed by atoms with E-state index in [-0.39, 0.29) is 5.75 Å². The van der Waals surface area contributed by atoms with E-state index in [0.29, 0.717) is 35.5 Å². The molecule has 4 nitrogen and oxygen atoms in total. The SMILES string of the molecule is C=CCOc1cccc(C=O)c1.C=CCc1c(O)cccc1C=O. The zero-order valence-electron chi connectivity index (χ0n) is 13.4. The summed E-state index contributed by atoms with van der Waals surface area (Å²) in [4.78, 5) is 20.9. The number of aldehydes is 2. The number of aromatic hydroxyl groups is 1. The molecule has 0 spiro atoms. The first-order chi connectivity index (χ1) is 11.7. The van der Waals surface area contributed by atoms with Crippen LogP contribution in [0.3, 0.4) is 0 Å². The van der Waals surface area contributed by atoms with Gasteiger partial charge in [0.25, 0.3) is 0 Å². The summed E-state index contributed by atoms with van der Waals surface area (Å²) in [7, 11) is 0. The molecule has 0 aliphatic rings. The average Bonchev–Trinajstić information content (AvgIpc) is 2.62. The lowest BCUT2D eigenvalue weighted by Crippen LogP contribution is -1.92. The summed E-state index contributed by atoms with van der Waals surface area (Å²) in [5.41, 5.74) is 1.79. The Morgan fingerprint density at radius 3 is 2.38 bits per heavy atom. The molecule has 0 atom stereocenters. The molecule has 0 amide bonds. The van der Waals surface area contributed by atoms with Crippen LogP contribution in [0.1, 0.15) is 26.3 Å². The summed E-state index contributed by atoms with van der Waals surface area (Å²) in [5, 5.41) is 9.35. The number of hydrogen-bond donors (Lipinski definition) is 1. The van der Waals surface area contributed by atoms with Gasteiger partial charge < -0.3 is 9.84 Å². The van der Waals surface area contributed by atoms with Crippen LogP contribution in [0.15, 0.2) is 67.8 Å². The normalized spacial score (nSPS) is 9.17. The van der Waals surface area contributed by atoms with Gasteiger partial charge in [0.2, 0.25) is 0 Å². The fraction of sp³-hybridized carbons (Fsp3) is 0.100. The number of hydrogen-bond acceptors (Lipinski definition) is 4. The standard InChI is InChI=1S/2C10H10O2/c1-2-6-12-10-5-3-4-9(7-10)8-11;1-2-4-9-8(7-11)5-3-6-10(9)12/h2-5,7-8H,1,6H2;2-3,5-7,12H,1,4H2. The number of carbonyl (C=O) groups excluding carboxylic acids is 2. The first-order valence-electron chi connectivity index (χ1n) is 7.32. The highest BCUT2D eigenvalue weighted by Gasteiger charge is 2.03. The van der Waals surface area contributed by atoms with Gasteiger partial charge in [0, 0.05) is 16.7 Å². The fourth-order valence-corrected chi connectivity index (χ4v) is 1.90. The van der Waals surface area contributed by atoms with Crippen molar-refractivity contribution in [2.24, 2.45) is 0 Å². The van der Waals surface area contributed by atoms with Gasteiger partial charge in [-0.25, -0.2) is 0 Å². The molecule has 2 rings (SSSR count). The molecule has 0 saturated carbocycles. The highest BCUT2D eigenvalue weighted by atomic mass is 16.5. The van der Waals surface area contributed by atoms with E-state index in [9.17, 15) is 14.7 Å². The van der Waals surface area contributed by atoms with Gasteiger partial charge in [0.1, 0.15) is 30.7 Å². The Hall–Kier alpha value is -3.14. The van der Waals surface area contributed by atoms with Gasteiger partial charge in [-0.3, -0.25) is 9.59 Å². The molecule has 0 aliphatic heterocycles. The van der Waals surface area contributed by atoms with Gasteiger partial charge in [-0.15, -0.1) is 6.58 Å². The molecular formula is C20H20O4. The van der Waals surface area contributed by atoms with Crippen LogP contribution < -0.4 is 4.74 Å². The first kappa shape index (κ1) is 18.9. The summed E-state index contributed by atoms with van der Waals surface area (Å²) in [5.74, 6) is 0.846. The molecule has 124 valence electrons. The minimum Gasteiger partial charge on any atom is -0.508 e. The third-order valence-corrected chi connectivity index (χ3v) is 3.02. The summed E-state index contributed by atoms with van der Waals surface area (Å²) in [6.45, 7) is 7.53. The lowest BCUT2D eigenvalue weighted by atomic mass is 10.0. The predicted molar refractivity (Wildman–Crippen MR) is 94.9 cm³/mol. The van der Waals surface area contributed by atoms with Gasteiger partial charge in [-0.1, -0.05) is 43.0 Å². The van der Waals surface area contributed by atoms with Crippen LogP contribution in [0.4, 0.5) is 0 Å². The maximum Gasteiger partial charge on any atom is 0.150 e. The second-order valence-electron chi connectivity index (χ2n) is 4.75. The number of ether oxygens (including phenoxy) is 1. The molecule has 1 N–H and O–H groups in total. The van der Waals surface area contributed by atoms with E-state index in [1.807, 2.05) is 0 Å². The second kappa shape index (κ2) is 10.6. The molecule has 0 radical (unpaired) electrons. The molecule has 0 bridgehead atoms. The van der Waals surface area contributed by atoms with Crippen molar-refractivity contribution in [3.05, 3.63) is 84.5 Å². The molecule has 4 heteroatoms. The van der Waals surface area contributed by atoms with Gasteiger partial charge >= 0.3 is 0 Å². The summed E-state index contributed by atoms with van der Waals surface area (Å²) in [6.07, 6.45) is 5.36. The van der Waals surface area contributed by atoms with Crippen LogP contribution >= 0.6 is 0 Å². The summed E-state index contributed by atoms with van der Waals surface area (Å²) in [6, 6.07) is 11.9. The minimum atomic E-state index is 0.152. The van der Waals surface area contributed by atoms with Crippen molar-refractivity contribution in [3.63, 3.8) is 0 Å². The third-order valence-electron chi connectivity index (χ3n) is 3.02. The Morgan fingerprint density at radius 1 is 1.00 bits per heavy atom. The smallest absolute Gasteiger partial charge is 0.150 e. The van der Waals surface area contributed by atoms with Gasteiger partial charge in [-0.05, 0) is 24.6 Å². The lowest BCUT2D eigenvalue weighted by molar-refractivity contribution is 0.111. The lowest BCUT2D eigenvalue weighted by Gasteiger charge is -2.03. The molecule has 0 saturated heterocycles. The quantitative estimate of drug-likeness (QED) is 0.618. The summed E-state index contributed by atoms with van der Waals surface area (Å²) >= 11 is 0. The zero-order chi connectivity index (χ0) is 17.8. The Balaban J connectivity index is 0.000000240. The van der Waals surface area contributed by atoms with Crippen LogP contribution in [0, 0.1) is 0 Å². The zero-order valence-corrected chi connectivity index (χ0v) is 13.4. The number of phenols is 1. The van der Waals surface area contributed by atoms with Gasteiger partial charge in [0.15, 0.2) is 0 Å². The average molecular weight is 324 g/mol. The highest BCUT2D eigenvalue weighted by molar-refractivity contribution is 5.78. The van der Waals surface area contributed by atoms with Crippen molar-refractivity contribution in [1.82, 2.24) is 0 Å². The van der Waals surface area contributed by atoms with Crippen LogP contribution in [-0.2, 0) is 6.42 Å². The molecule has 0 aliphatic carbocycles. The molecule has 0 aromatic heterocycles. The van der Waals surface area contributed by atoms with Gasteiger partial charge in [-0.2, -0.15) is 0 Å². The number of phenolic OH excluding ortho intramolecular Hbond substituents is 1. The van der Waals surface area contributed by atoms with E-state index in [2.05, 4.69) is 13.2 Å². The predicted octanol–water partition coefficient (Wildman–Crippen LogP) is 4.00. The van der Waals surface area contributed by atoms with Crippen molar-refractivity contribution < 1.29 is 19.4 Å². The van der Waals surface area contributed by atoms with Crippen molar-refractivity contribution in [3.8, 4) is 11.5 Å². The van der Waals surface area contributed by atoms with E-state index < -0.39 is 0 Å². The molecule has 0 heterocycles. The largest absolute Gasteiger partial charge is 0.508 e. The van der Waals surface area contributed by atoms with Crippen LogP contribution in [-0.4, -0.2) is 24.3 Å². The summed E-state index contributed by atoms with van der Waals surface area (Å²) < 4.78 is 5.22. The third kappa shape index (κ3) is 5.93. The minimum absolute atomic E-state index is 0.152. The van der Waals surface area contributed by atoms with Gasteiger partial charge in [0.05, 0.1) is 0 Å². The molecule has 2 aromatic rings. The Labute approximate surface area is 141 Å². The number of rotatable bonds is 7. The molecule has 24 heavy (non-hydrogen) atoms. The highest BCUT2D eigenvalue weighted by Crippen LogP contribution is 2.20. The van der Waals surface area contributed by atoms with E-state index in [0.717, 1.165) is 12.6 Å². The Kier molecular flexibility index (Phi) is 8.32. The fourth-order valence-electron chi connectivity index (χ4n) is 1.90. The van der Waals surface area contributed by atoms with Crippen LogP contribution in [0.2, 0.25) is 0 Å². The monoisotopic (exact) mass is 324 g/mol. The van der Waals surface area contributed by atoms with Crippen molar-refractivity contribution in [1.29, 1.82) is 0 Å².